The number of hydrogen-bond donors (Lipinski definition) is 3. The quantitative estimate of drug-likeness (QED) is 0.310. The van der Waals surface area contributed by atoms with Crippen molar-refractivity contribution in [3.63, 3.8) is 0 Å². The summed E-state index contributed by atoms with van der Waals surface area (Å²) < 4.78 is 18.8. The van der Waals surface area contributed by atoms with Gasteiger partial charge in [0.2, 0.25) is 5.79 Å². The Morgan fingerprint density at radius 3 is 2.63 bits per heavy atom. The summed E-state index contributed by atoms with van der Waals surface area (Å²) >= 11 is 8.25. The molecule has 3 aliphatic heterocycles. The predicted octanol–water partition coefficient (Wildman–Crippen LogP) is 2.45. The number of halogens is 2. The number of carbonyl (C=O) groups is 1. The van der Waals surface area contributed by atoms with Gasteiger partial charge < -0.3 is 29.5 Å². The van der Waals surface area contributed by atoms with E-state index in [0.29, 0.717) is 12.8 Å². The van der Waals surface area contributed by atoms with Gasteiger partial charge in [0.05, 0.1) is 24.4 Å². The second kappa shape index (κ2) is 9.99. The van der Waals surface area contributed by atoms with Crippen molar-refractivity contribution in [2.24, 2.45) is 5.92 Å². The second-order valence-electron chi connectivity index (χ2n) is 8.71. The third kappa shape index (κ3) is 4.90. The monoisotopic (exact) mass is 558 g/mol. The Hall–Kier alpha value is 0.190. The molecule has 30 heavy (non-hydrogen) atoms. The van der Waals surface area contributed by atoms with E-state index in [1.54, 1.807) is 0 Å². The summed E-state index contributed by atoms with van der Waals surface area (Å²) in [5, 5.41) is 32.0. The van der Waals surface area contributed by atoms with Crippen LogP contribution in [0.1, 0.15) is 52.4 Å². The Morgan fingerprint density at radius 2 is 2.00 bits per heavy atom. The van der Waals surface area contributed by atoms with Gasteiger partial charge in [0.1, 0.15) is 12.2 Å². The van der Waals surface area contributed by atoms with Gasteiger partial charge in [0.25, 0.3) is 0 Å². The van der Waals surface area contributed by atoms with E-state index in [4.69, 9.17) is 25.8 Å². The van der Waals surface area contributed by atoms with Crippen LogP contribution in [0.3, 0.4) is 0 Å². The minimum Gasteiger partial charge on any atom is -0.385 e. The van der Waals surface area contributed by atoms with Crippen molar-refractivity contribution in [3.8, 4) is 0 Å². The fourth-order valence-corrected chi connectivity index (χ4v) is 5.84. The summed E-state index contributed by atoms with van der Waals surface area (Å²) in [5.74, 6) is -3.23. The van der Waals surface area contributed by atoms with Gasteiger partial charge in [0.15, 0.2) is 11.9 Å². The van der Waals surface area contributed by atoms with Crippen LogP contribution in [0.25, 0.3) is 0 Å². The second-order valence-corrected chi connectivity index (χ2v) is 10.9. The first-order valence-corrected chi connectivity index (χ1v) is 12.2. The highest BCUT2D eigenvalue weighted by Gasteiger charge is 2.64. The zero-order valence-corrected chi connectivity index (χ0v) is 20.3. The molecule has 3 N–H and O–H groups in total. The highest BCUT2D eigenvalue weighted by Crippen LogP contribution is 2.45. The van der Waals surface area contributed by atoms with Crippen molar-refractivity contribution >= 4 is 40.0 Å². The number of fused-ring (bicyclic) bond motifs is 2. The number of alkyl halides is 1. The SMILES string of the molecule is C=C(I)C[C@H](Cl)CCC(=O)[C@H](O)C1(O)O[C@@H]2C(O[C@H]3CC[C@H](CC)O[C@@H]3[C@@H]2C)[C@H]1O. The molecule has 0 radical (unpaired) electrons. The number of aliphatic hydroxyl groups excluding tert-OH is 2. The predicted molar refractivity (Wildman–Crippen MR) is 120 cm³/mol. The molecular formula is C21H32ClIO7. The Morgan fingerprint density at radius 1 is 1.30 bits per heavy atom. The van der Waals surface area contributed by atoms with Crippen molar-refractivity contribution in [1.29, 1.82) is 0 Å². The summed E-state index contributed by atoms with van der Waals surface area (Å²) in [4.78, 5) is 12.5. The minimum absolute atomic E-state index is 0.0457. The third-order valence-corrected chi connectivity index (χ3v) is 7.35. The number of ketones is 1. The number of carbonyl (C=O) groups excluding carboxylic acids is 1. The Labute approximate surface area is 196 Å². The fraction of sp³-hybridized carbons (Fsp3) is 0.857. The average molecular weight is 559 g/mol. The first-order valence-electron chi connectivity index (χ1n) is 10.7. The van der Waals surface area contributed by atoms with Crippen LogP contribution >= 0.6 is 34.2 Å². The molecule has 9 heteroatoms. The lowest BCUT2D eigenvalue weighted by Gasteiger charge is -2.47. The van der Waals surface area contributed by atoms with Gasteiger partial charge in [-0.2, -0.15) is 0 Å². The van der Waals surface area contributed by atoms with Crippen molar-refractivity contribution in [1.82, 2.24) is 0 Å². The van der Waals surface area contributed by atoms with Gasteiger partial charge in [-0.15, -0.1) is 11.6 Å². The highest BCUT2D eigenvalue weighted by atomic mass is 127. The van der Waals surface area contributed by atoms with E-state index >= 15 is 0 Å². The summed E-state index contributed by atoms with van der Waals surface area (Å²) in [6.07, 6.45) is -1.86. The van der Waals surface area contributed by atoms with Gasteiger partial charge in [-0.25, -0.2) is 0 Å². The lowest BCUT2D eigenvalue weighted by molar-refractivity contribution is -0.279. The molecule has 0 amide bonds. The van der Waals surface area contributed by atoms with E-state index in [0.717, 1.165) is 22.8 Å². The van der Waals surface area contributed by atoms with Gasteiger partial charge >= 0.3 is 0 Å². The van der Waals surface area contributed by atoms with E-state index < -0.39 is 36.0 Å². The number of aliphatic hydroxyl groups is 3. The number of allylic oxidation sites excluding steroid dienone is 1. The molecule has 172 valence electrons. The number of rotatable bonds is 8. The minimum atomic E-state index is -2.42. The Kier molecular flexibility index (Phi) is 8.27. The topological polar surface area (TPSA) is 105 Å². The maximum Gasteiger partial charge on any atom is 0.229 e. The lowest BCUT2D eigenvalue weighted by atomic mass is 9.82. The number of ether oxygens (including phenoxy) is 3. The van der Waals surface area contributed by atoms with E-state index in [1.165, 1.54) is 0 Å². The van der Waals surface area contributed by atoms with Gasteiger partial charge in [0, 0.05) is 17.7 Å². The van der Waals surface area contributed by atoms with Crippen LogP contribution in [-0.2, 0) is 19.0 Å². The highest BCUT2D eigenvalue weighted by molar-refractivity contribution is 14.1. The molecule has 0 spiro atoms. The molecule has 3 saturated heterocycles. The van der Waals surface area contributed by atoms with Gasteiger partial charge in [-0.3, -0.25) is 4.79 Å². The molecule has 3 rings (SSSR count). The average Bonchev–Trinajstić information content (AvgIpc) is 2.97. The molecule has 0 aromatic carbocycles. The fourth-order valence-electron chi connectivity index (χ4n) is 4.75. The molecule has 2 unspecified atom stereocenters. The molecule has 3 aliphatic rings. The maximum absolute atomic E-state index is 12.5. The first-order chi connectivity index (χ1) is 14.1. The molecular weight excluding hydrogens is 527 g/mol. The van der Waals surface area contributed by atoms with Crippen molar-refractivity contribution in [2.45, 2.75) is 106 Å². The standard InChI is InChI=1S/C21H32ClIO7/c1-4-13-6-8-15-16(28-13)11(3)17-18(29-15)20(26)21(27,30-17)19(25)14(24)7-5-12(22)9-10(2)23/h11-13,15-20,25-27H,2,4-9H2,1,3H3/t11-,12+,13-,15-,16+,17-,18?,19-,20+,21?/m0/s1. The molecule has 0 aromatic heterocycles. The van der Waals surface area contributed by atoms with Crippen LogP contribution in [0.2, 0.25) is 0 Å². The van der Waals surface area contributed by atoms with Gasteiger partial charge in [-0.05, 0) is 58.3 Å². The van der Waals surface area contributed by atoms with Crippen molar-refractivity contribution < 1.29 is 34.3 Å². The van der Waals surface area contributed by atoms with Crippen LogP contribution in [0, 0.1) is 5.92 Å². The smallest absolute Gasteiger partial charge is 0.229 e. The van der Waals surface area contributed by atoms with Crippen LogP contribution in [0.5, 0.6) is 0 Å². The van der Waals surface area contributed by atoms with Crippen LogP contribution < -0.4 is 0 Å². The van der Waals surface area contributed by atoms with Crippen molar-refractivity contribution in [2.75, 3.05) is 0 Å². The first kappa shape index (κ1) is 24.8. The maximum atomic E-state index is 12.5. The van der Waals surface area contributed by atoms with Crippen molar-refractivity contribution in [3.05, 3.63) is 10.2 Å². The van der Waals surface area contributed by atoms with Gasteiger partial charge in [-0.1, -0.05) is 20.4 Å². The molecule has 3 fully saturated rings. The zero-order chi connectivity index (χ0) is 22.2. The Balaban J connectivity index is 1.67. The summed E-state index contributed by atoms with van der Waals surface area (Å²) in [6.45, 7) is 7.78. The molecule has 3 heterocycles. The summed E-state index contributed by atoms with van der Waals surface area (Å²) in [6, 6.07) is 0. The van der Waals surface area contributed by atoms with E-state index in [2.05, 4.69) is 36.1 Å². The van der Waals surface area contributed by atoms with Crippen LogP contribution in [0.15, 0.2) is 10.2 Å². The number of hydrogen-bond acceptors (Lipinski definition) is 7. The molecule has 7 nitrogen and oxygen atoms in total. The summed E-state index contributed by atoms with van der Waals surface area (Å²) in [7, 11) is 0. The summed E-state index contributed by atoms with van der Waals surface area (Å²) in [5.41, 5.74) is 0. The molecule has 10 atom stereocenters. The molecule has 0 aliphatic carbocycles. The molecule has 0 aromatic rings. The normalized spacial score (nSPS) is 42.8. The van der Waals surface area contributed by atoms with Crippen LogP contribution in [0.4, 0.5) is 0 Å². The van der Waals surface area contributed by atoms with Crippen LogP contribution in [-0.4, -0.2) is 75.0 Å². The Bertz CT molecular complexity index is 649. The molecule has 0 saturated carbocycles. The third-order valence-electron chi connectivity index (χ3n) is 6.54. The number of Topliss-reactive ketones (excluding diaryl/α,β-unsaturated/α-hetero) is 1. The molecule has 0 bridgehead atoms. The van der Waals surface area contributed by atoms with E-state index in [-0.39, 0.29) is 36.0 Å². The van der Waals surface area contributed by atoms with E-state index in [9.17, 15) is 20.1 Å². The van der Waals surface area contributed by atoms with E-state index in [1.807, 2.05) is 6.92 Å². The largest absolute Gasteiger partial charge is 0.385 e. The zero-order valence-electron chi connectivity index (χ0n) is 17.4. The lowest BCUT2D eigenvalue weighted by Crippen LogP contribution is -2.58.